The first-order chi connectivity index (χ1) is 9.17. The number of halogens is 1. The van der Waals surface area contributed by atoms with E-state index in [9.17, 15) is 4.79 Å². The third-order valence-electron chi connectivity index (χ3n) is 2.47. The van der Waals surface area contributed by atoms with Gasteiger partial charge in [0.25, 0.3) is 0 Å². The average Bonchev–Trinajstić information content (AvgIpc) is 2.82. The Kier molecular flexibility index (Phi) is 4.21. The minimum Gasteiger partial charge on any atom is -0.480 e. The van der Waals surface area contributed by atoms with Gasteiger partial charge in [-0.3, -0.25) is 0 Å². The van der Waals surface area contributed by atoms with E-state index in [1.165, 1.54) is 13.3 Å². The van der Waals surface area contributed by atoms with Crippen LogP contribution in [0.5, 0.6) is 5.88 Å². The van der Waals surface area contributed by atoms with Gasteiger partial charge in [0.05, 0.1) is 25.6 Å². The van der Waals surface area contributed by atoms with Crippen LogP contribution in [0.2, 0.25) is 0 Å². The topological polar surface area (TPSA) is 53.3 Å². The van der Waals surface area contributed by atoms with Crippen LogP contribution in [0.1, 0.15) is 17.3 Å². The van der Waals surface area contributed by atoms with Crippen LogP contribution in [0.25, 0.3) is 5.69 Å². The van der Waals surface area contributed by atoms with E-state index in [1.54, 1.807) is 11.6 Å². The molecule has 1 aromatic carbocycles. The Morgan fingerprint density at radius 1 is 1.47 bits per heavy atom. The first-order valence-corrected chi connectivity index (χ1v) is 6.51. The zero-order valence-electron chi connectivity index (χ0n) is 10.6. The van der Waals surface area contributed by atoms with Crippen molar-refractivity contribution < 1.29 is 14.3 Å². The summed E-state index contributed by atoms with van der Waals surface area (Å²) in [6.45, 7) is 2.06. The van der Waals surface area contributed by atoms with Crippen LogP contribution in [0.4, 0.5) is 0 Å². The largest absolute Gasteiger partial charge is 0.480 e. The summed E-state index contributed by atoms with van der Waals surface area (Å²) in [5.74, 6) is -0.0860. The smallest absolute Gasteiger partial charge is 0.345 e. The van der Waals surface area contributed by atoms with Crippen molar-refractivity contribution in [1.82, 2.24) is 9.78 Å². The minimum atomic E-state index is -0.444. The number of hydrogen-bond donors (Lipinski definition) is 0. The second-order valence-corrected chi connectivity index (χ2v) is 4.60. The van der Waals surface area contributed by atoms with Crippen molar-refractivity contribution in [1.29, 1.82) is 0 Å². The lowest BCUT2D eigenvalue weighted by Gasteiger charge is -2.08. The number of carbonyl (C=O) groups excluding carboxylic acids is 1. The van der Waals surface area contributed by atoms with Crippen LogP contribution in [0.3, 0.4) is 0 Å². The summed E-state index contributed by atoms with van der Waals surface area (Å²) in [7, 11) is 1.49. The van der Waals surface area contributed by atoms with Crippen molar-refractivity contribution in [3.05, 3.63) is 40.5 Å². The standard InChI is InChI=1S/C13H13BrN2O3/c1-3-19-13(17)11-8-15-16(12(11)18-2)10-6-4-5-9(14)7-10/h4-8H,3H2,1-2H3. The molecule has 0 radical (unpaired) electrons. The van der Waals surface area contributed by atoms with Gasteiger partial charge in [-0.25, -0.2) is 9.48 Å². The Morgan fingerprint density at radius 3 is 2.89 bits per heavy atom. The molecule has 0 unspecified atom stereocenters. The summed E-state index contributed by atoms with van der Waals surface area (Å²) >= 11 is 3.39. The van der Waals surface area contributed by atoms with Gasteiger partial charge in [-0.15, -0.1) is 0 Å². The highest BCUT2D eigenvalue weighted by atomic mass is 79.9. The summed E-state index contributed by atoms with van der Waals surface area (Å²) in [6, 6.07) is 7.54. The number of hydrogen-bond acceptors (Lipinski definition) is 4. The molecule has 0 aliphatic heterocycles. The SMILES string of the molecule is CCOC(=O)c1cnn(-c2cccc(Br)c2)c1OC. The number of carbonyl (C=O) groups is 1. The number of esters is 1. The third-order valence-corrected chi connectivity index (χ3v) is 2.96. The van der Waals surface area contributed by atoms with Gasteiger partial charge in [0.1, 0.15) is 5.56 Å². The van der Waals surface area contributed by atoms with E-state index in [1.807, 2.05) is 24.3 Å². The third kappa shape index (κ3) is 2.78. The Labute approximate surface area is 119 Å². The predicted molar refractivity (Wildman–Crippen MR) is 73.8 cm³/mol. The van der Waals surface area contributed by atoms with Crippen LogP contribution < -0.4 is 4.74 Å². The monoisotopic (exact) mass is 324 g/mol. The fourth-order valence-corrected chi connectivity index (χ4v) is 2.06. The highest BCUT2D eigenvalue weighted by Crippen LogP contribution is 2.24. The number of methoxy groups -OCH3 is 1. The van der Waals surface area contributed by atoms with E-state index < -0.39 is 5.97 Å². The lowest BCUT2D eigenvalue weighted by atomic mass is 10.3. The molecule has 2 rings (SSSR count). The van der Waals surface area contributed by atoms with E-state index in [0.29, 0.717) is 18.1 Å². The van der Waals surface area contributed by atoms with E-state index in [0.717, 1.165) is 10.2 Å². The molecule has 100 valence electrons. The maximum absolute atomic E-state index is 11.8. The molecule has 0 atom stereocenters. The molecule has 19 heavy (non-hydrogen) atoms. The predicted octanol–water partition coefficient (Wildman–Crippen LogP) is 2.82. The maximum atomic E-state index is 11.8. The zero-order valence-corrected chi connectivity index (χ0v) is 12.2. The number of ether oxygens (including phenoxy) is 2. The first-order valence-electron chi connectivity index (χ1n) is 5.72. The van der Waals surface area contributed by atoms with Crippen LogP contribution in [-0.2, 0) is 4.74 Å². The summed E-state index contributed by atoms with van der Waals surface area (Å²) in [5, 5.41) is 4.17. The molecule has 0 saturated carbocycles. The quantitative estimate of drug-likeness (QED) is 0.811. The number of aromatic nitrogens is 2. The van der Waals surface area contributed by atoms with Crippen LogP contribution in [0, 0.1) is 0 Å². The van der Waals surface area contributed by atoms with Gasteiger partial charge in [0.15, 0.2) is 0 Å². The molecule has 5 nitrogen and oxygen atoms in total. The fourth-order valence-electron chi connectivity index (χ4n) is 1.67. The van der Waals surface area contributed by atoms with Gasteiger partial charge in [-0.05, 0) is 25.1 Å². The van der Waals surface area contributed by atoms with E-state index >= 15 is 0 Å². The lowest BCUT2D eigenvalue weighted by molar-refractivity contribution is 0.0522. The van der Waals surface area contributed by atoms with Crippen molar-refractivity contribution in [3.63, 3.8) is 0 Å². The van der Waals surface area contributed by atoms with E-state index in [-0.39, 0.29) is 0 Å². The van der Waals surface area contributed by atoms with Gasteiger partial charge >= 0.3 is 5.97 Å². The molecule has 2 aromatic rings. The molecular weight excluding hydrogens is 312 g/mol. The second-order valence-electron chi connectivity index (χ2n) is 3.68. The van der Waals surface area contributed by atoms with Gasteiger partial charge in [0.2, 0.25) is 5.88 Å². The summed E-state index contributed by atoms with van der Waals surface area (Å²) in [5.41, 5.74) is 1.10. The fraction of sp³-hybridized carbons (Fsp3) is 0.231. The number of nitrogens with zero attached hydrogens (tertiary/aromatic N) is 2. The molecule has 0 aliphatic carbocycles. The zero-order chi connectivity index (χ0) is 13.8. The summed E-state index contributed by atoms with van der Waals surface area (Å²) in [4.78, 5) is 11.8. The molecule has 0 N–H and O–H groups in total. The molecule has 0 amide bonds. The van der Waals surface area contributed by atoms with Crippen LogP contribution in [-0.4, -0.2) is 29.5 Å². The van der Waals surface area contributed by atoms with Crippen LogP contribution >= 0.6 is 15.9 Å². The van der Waals surface area contributed by atoms with Crippen LogP contribution in [0.15, 0.2) is 34.9 Å². The molecule has 0 spiro atoms. The number of rotatable bonds is 4. The molecule has 0 bridgehead atoms. The summed E-state index contributed by atoms with van der Waals surface area (Å²) in [6.07, 6.45) is 1.44. The van der Waals surface area contributed by atoms with Crippen molar-refractivity contribution in [3.8, 4) is 11.6 Å². The molecule has 0 aliphatic rings. The Hall–Kier alpha value is -1.82. The minimum absolute atomic E-state index is 0.310. The highest BCUT2D eigenvalue weighted by Gasteiger charge is 2.20. The van der Waals surface area contributed by atoms with Gasteiger partial charge in [-0.2, -0.15) is 5.10 Å². The molecule has 1 heterocycles. The lowest BCUT2D eigenvalue weighted by Crippen LogP contribution is -2.07. The Balaban J connectivity index is 2.45. The average molecular weight is 325 g/mol. The first kappa shape index (κ1) is 13.6. The van der Waals surface area contributed by atoms with E-state index in [4.69, 9.17) is 9.47 Å². The molecule has 0 saturated heterocycles. The van der Waals surface area contributed by atoms with Crippen molar-refractivity contribution in [2.75, 3.05) is 13.7 Å². The van der Waals surface area contributed by atoms with Gasteiger partial charge < -0.3 is 9.47 Å². The maximum Gasteiger partial charge on any atom is 0.345 e. The van der Waals surface area contributed by atoms with Gasteiger partial charge in [0, 0.05) is 4.47 Å². The molecule has 6 heteroatoms. The summed E-state index contributed by atoms with van der Waals surface area (Å²) < 4.78 is 12.7. The van der Waals surface area contributed by atoms with Crippen molar-refractivity contribution in [2.45, 2.75) is 6.92 Å². The molecular formula is C13H13BrN2O3. The highest BCUT2D eigenvalue weighted by molar-refractivity contribution is 9.10. The normalized spacial score (nSPS) is 10.3. The van der Waals surface area contributed by atoms with Gasteiger partial charge in [-0.1, -0.05) is 22.0 Å². The second kappa shape index (κ2) is 5.88. The van der Waals surface area contributed by atoms with E-state index in [2.05, 4.69) is 21.0 Å². The molecule has 0 fully saturated rings. The Morgan fingerprint density at radius 2 is 2.26 bits per heavy atom. The van der Waals surface area contributed by atoms with Crippen molar-refractivity contribution >= 4 is 21.9 Å². The molecule has 1 aromatic heterocycles. The number of benzene rings is 1. The Bertz CT molecular complexity index is 595. The van der Waals surface area contributed by atoms with Crippen molar-refractivity contribution in [2.24, 2.45) is 0 Å².